The summed E-state index contributed by atoms with van der Waals surface area (Å²) in [5.74, 6) is -0.490. The van der Waals surface area contributed by atoms with Crippen molar-refractivity contribution in [2.24, 2.45) is 0 Å². The van der Waals surface area contributed by atoms with E-state index in [1.165, 1.54) is 12.1 Å². The molecule has 1 N–H and O–H groups in total. The molecule has 0 radical (unpaired) electrons. The molecule has 0 amide bonds. The quantitative estimate of drug-likeness (QED) is 0.719. The van der Waals surface area contributed by atoms with Crippen LogP contribution in [0.3, 0.4) is 0 Å². The predicted octanol–water partition coefficient (Wildman–Crippen LogP) is 4.08. The van der Waals surface area contributed by atoms with E-state index < -0.39 is 15.8 Å². The van der Waals surface area contributed by atoms with Crippen LogP contribution in [0.25, 0.3) is 11.0 Å². The highest BCUT2D eigenvalue weighted by Crippen LogP contribution is 2.27. The second-order valence-corrected chi connectivity index (χ2v) is 7.63. The number of pyridine rings is 1. The molecule has 5 nitrogen and oxygen atoms in total. The molecule has 2 heterocycles. The molecule has 7 heteroatoms. The minimum Gasteiger partial charge on any atom is -0.331 e. The first-order valence-corrected chi connectivity index (χ1v) is 9.63. The van der Waals surface area contributed by atoms with Gasteiger partial charge in [0.1, 0.15) is 16.4 Å². The van der Waals surface area contributed by atoms with E-state index >= 15 is 0 Å². The SMILES string of the molecule is CCCCn1cc(S(=O)(=O)Nc2cc(F)ccc2C)c2cccnc21. The van der Waals surface area contributed by atoms with E-state index in [4.69, 9.17) is 0 Å². The van der Waals surface area contributed by atoms with Crippen molar-refractivity contribution in [3.05, 3.63) is 54.1 Å². The number of rotatable bonds is 6. The smallest absolute Gasteiger partial charge is 0.264 e. The van der Waals surface area contributed by atoms with E-state index in [0.29, 0.717) is 23.1 Å². The van der Waals surface area contributed by atoms with Crippen LogP contribution in [0.5, 0.6) is 0 Å². The number of unbranched alkanes of at least 4 members (excludes halogenated alkanes) is 1. The molecule has 0 spiro atoms. The Hall–Kier alpha value is -2.41. The molecule has 0 bridgehead atoms. The molecule has 0 aliphatic rings. The van der Waals surface area contributed by atoms with Gasteiger partial charge in [-0.3, -0.25) is 4.72 Å². The zero-order valence-electron chi connectivity index (χ0n) is 14.2. The zero-order valence-corrected chi connectivity index (χ0v) is 15.0. The van der Waals surface area contributed by atoms with Crippen molar-refractivity contribution >= 4 is 26.7 Å². The fourth-order valence-corrected chi connectivity index (χ4v) is 4.04. The van der Waals surface area contributed by atoms with E-state index in [2.05, 4.69) is 16.6 Å². The Kier molecular flexibility index (Phi) is 4.76. The summed E-state index contributed by atoms with van der Waals surface area (Å²) in [6.45, 7) is 4.49. The fraction of sp³-hybridized carbons (Fsp3) is 0.278. The summed E-state index contributed by atoms with van der Waals surface area (Å²) < 4.78 is 43.6. The van der Waals surface area contributed by atoms with E-state index in [-0.39, 0.29) is 10.6 Å². The summed E-state index contributed by atoms with van der Waals surface area (Å²) in [6.07, 6.45) is 5.17. The van der Waals surface area contributed by atoms with Crippen molar-refractivity contribution in [3.63, 3.8) is 0 Å². The highest BCUT2D eigenvalue weighted by atomic mass is 32.2. The monoisotopic (exact) mass is 361 g/mol. The maximum atomic E-state index is 13.5. The van der Waals surface area contributed by atoms with Crippen molar-refractivity contribution in [1.82, 2.24) is 9.55 Å². The minimum atomic E-state index is -3.86. The number of aromatic nitrogens is 2. The maximum Gasteiger partial charge on any atom is 0.264 e. The summed E-state index contributed by atoms with van der Waals surface area (Å²) in [4.78, 5) is 4.47. The maximum absolute atomic E-state index is 13.5. The van der Waals surface area contributed by atoms with Crippen molar-refractivity contribution in [2.75, 3.05) is 4.72 Å². The number of halogens is 1. The molecule has 0 saturated carbocycles. The first kappa shape index (κ1) is 17.4. The van der Waals surface area contributed by atoms with Crippen LogP contribution in [0.4, 0.5) is 10.1 Å². The molecular weight excluding hydrogens is 341 g/mol. The number of anilines is 1. The summed E-state index contributed by atoms with van der Waals surface area (Å²) in [5.41, 5.74) is 1.52. The van der Waals surface area contributed by atoms with Gasteiger partial charge in [0.2, 0.25) is 0 Å². The summed E-state index contributed by atoms with van der Waals surface area (Å²) in [6, 6.07) is 7.46. The third-order valence-corrected chi connectivity index (χ3v) is 5.48. The third kappa shape index (κ3) is 3.51. The number of hydrogen-bond donors (Lipinski definition) is 1. The summed E-state index contributed by atoms with van der Waals surface area (Å²) >= 11 is 0. The Labute approximate surface area is 146 Å². The van der Waals surface area contributed by atoms with Crippen LogP contribution in [-0.2, 0) is 16.6 Å². The standard InChI is InChI=1S/C18H20FN3O2S/c1-3-4-10-22-12-17(15-6-5-9-20-18(15)22)25(23,24)21-16-11-14(19)8-7-13(16)2/h5-9,11-12,21H,3-4,10H2,1-2H3. The van der Waals surface area contributed by atoms with Gasteiger partial charge in [0.15, 0.2) is 0 Å². The summed E-state index contributed by atoms with van der Waals surface area (Å²) in [5, 5.41) is 0.556. The molecule has 0 aliphatic carbocycles. The highest BCUT2D eigenvalue weighted by Gasteiger charge is 2.22. The first-order valence-electron chi connectivity index (χ1n) is 8.15. The number of sulfonamides is 1. The Bertz CT molecular complexity index is 1010. The number of fused-ring (bicyclic) bond motifs is 1. The van der Waals surface area contributed by atoms with Gasteiger partial charge in [0, 0.05) is 24.3 Å². The van der Waals surface area contributed by atoms with Crippen molar-refractivity contribution in [3.8, 4) is 0 Å². The lowest BCUT2D eigenvalue weighted by Gasteiger charge is -2.10. The Morgan fingerprint density at radius 1 is 1.28 bits per heavy atom. The van der Waals surface area contributed by atoms with Gasteiger partial charge in [-0.25, -0.2) is 17.8 Å². The molecule has 0 saturated heterocycles. The van der Waals surface area contributed by atoms with Gasteiger partial charge in [0.05, 0.1) is 5.69 Å². The number of aryl methyl sites for hydroxylation is 2. The van der Waals surface area contributed by atoms with Crippen molar-refractivity contribution in [2.45, 2.75) is 38.1 Å². The van der Waals surface area contributed by atoms with E-state index in [1.54, 1.807) is 37.5 Å². The number of nitrogens with one attached hydrogen (secondary N) is 1. The average molecular weight is 361 g/mol. The first-order chi connectivity index (χ1) is 11.9. The normalized spacial score (nSPS) is 11.8. The molecule has 1 aromatic carbocycles. The minimum absolute atomic E-state index is 0.148. The Morgan fingerprint density at radius 2 is 2.08 bits per heavy atom. The molecular formula is C18H20FN3O2S. The Morgan fingerprint density at radius 3 is 2.84 bits per heavy atom. The lowest BCUT2D eigenvalue weighted by atomic mass is 10.2. The van der Waals surface area contributed by atoms with Gasteiger partial charge in [-0.1, -0.05) is 19.4 Å². The van der Waals surface area contributed by atoms with E-state index in [0.717, 1.165) is 12.8 Å². The Balaban J connectivity index is 2.06. The molecule has 0 aliphatic heterocycles. The molecule has 25 heavy (non-hydrogen) atoms. The van der Waals surface area contributed by atoms with Crippen LogP contribution >= 0.6 is 0 Å². The average Bonchev–Trinajstić information content (AvgIpc) is 2.96. The van der Waals surface area contributed by atoms with E-state index in [1.807, 2.05) is 4.57 Å². The van der Waals surface area contributed by atoms with Gasteiger partial charge in [-0.15, -0.1) is 0 Å². The fourth-order valence-electron chi connectivity index (χ4n) is 2.71. The second-order valence-electron chi connectivity index (χ2n) is 5.98. The lowest BCUT2D eigenvalue weighted by Crippen LogP contribution is -2.13. The van der Waals surface area contributed by atoms with Crippen LogP contribution in [0, 0.1) is 12.7 Å². The topological polar surface area (TPSA) is 64.0 Å². The highest BCUT2D eigenvalue weighted by molar-refractivity contribution is 7.93. The number of hydrogen-bond acceptors (Lipinski definition) is 3. The molecule has 0 fully saturated rings. The number of benzene rings is 1. The van der Waals surface area contributed by atoms with Gasteiger partial charge in [0.25, 0.3) is 10.0 Å². The molecule has 3 rings (SSSR count). The molecule has 0 unspecified atom stereocenters. The van der Waals surface area contributed by atoms with Gasteiger partial charge >= 0.3 is 0 Å². The molecule has 2 aromatic heterocycles. The third-order valence-electron chi connectivity index (χ3n) is 4.08. The largest absolute Gasteiger partial charge is 0.331 e. The van der Waals surface area contributed by atoms with Crippen molar-refractivity contribution in [1.29, 1.82) is 0 Å². The summed E-state index contributed by atoms with van der Waals surface area (Å²) in [7, 11) is -3.86. The number of nitrogens with zero attached hydrogens (tertiary/aromatic N) is 2. The van der Waals surface area contributed by atoms with Gasteiger partial charge in [-0.2, -0.15) is 0 Å². The molecule has 3 aromatic rings. The molecule has 132 valence electrons. The van der Waals surface area contributed by atoms with Gasteiger partial charge in [-0.05, 0) is 43.2 Å². The van der Waals surface area contributed by atoms with Gasteiger partial charge < -0.3 is 4.57 Å². The van der Waals surface area contributed by atoms with Crippen LogP contribution in [0.1, 0.15) is 25.3 Å². The predicted molar refractivity (Wildman–Crippen MR) is 96.6 cm³/mol. The molecule has 0 atom stereocenters. The van der Waals surface area contributed by atoms with Crippen LogP contribution in [-0.4, -0.2) is 18.0 Å². The lowest BCUT2D eigenvalue weighted by molar-refractivity contribution is 0.599. The van der Waals surface area contributed by atoms with Crippen LogP contribution in [0.2, 0.25) is 0 Å². The zero-order chi connectivity index (χ0) is 18.0. The van der Waals surface area contributed by atoms with Crippen molar-refractivity contribution < 1.29 is 12.8 Å². The van der Waals surface area contributed by atoms with Crippen LogP contribution < -0.4 is 4.72 Å². The van der Waals surface area contributed by atoms with E-state index in [9.17, 15) is 12.8 Å². The second kappa shape index (κ2) is 6.84. The van der Waals surface area contributed by atoms with Crippen LogP contribution in [0.15, 0.2) is 47.6 Å².